The third-order valence-corrected chi connectivity index (χ3v) is 4.26. The molecule has 0 bridgehead atoms. The lowest BCUT2D eigenvalue weighted by molar-refractivity contribution is 0.564. The van der Waals surface area contributed by atoms with Gasteiger partial charge in [-0.1, -0.05) is 30.6 Å². The first-order chi connectivity index (χ1) is 14.7. The maximum atomic E-state index is 10.3. The fourth-order valence-corrected chi connectivity index (χ4v) is 2.71. The van der Waals surface area contributed by atoms with Crippen molar-refractivity contribution in [2.24, 2.45) is 9.98 Å². The average molecular weight is 388 g/mol. The van der Waals surface area contributed by atoms with Crippen LogP contribution in [0.25, 0.3) is 0 Å². The Hall–Kier alpha value is -4.46. The fraction of sp³-hybridized carbons (Fsp3) is 0.0769. The smallest absolute Gasteiger partial charge is 0.211 e. The standard InChI is InChI=1S/C26H16N2O2/c1-2-23-17-22(4-3-20-7-13-25(14-8-20)27-18-29)6-12-24(23)11-5-21-9-15-26(16-10-21)28-19-30/h6-10,12-17H,2H2,1H3. The van der Waals surface area contributed by atoms with E-state index in [1.165, 1.54) is 12.2 Å². The summed E-state index contributed by atoms with van der Waals surface area (Å²) in [4.78, 5) is 27.7. The van der Waals surface area contributed by atoms with Crippen molar-refractivity contribution in [1.82, 2.24) is 0 Å². The largest absolute Gasteiger partial charge is 0.240 e. The zero-order valence-electron chi connectivity index (χ0n) is 16.3. The van der Waals surface area contributed by atoms with Gasteiger partial charge in [0.25, 0.3) is 0 Å². The minimum absolute atomic E-state index is 0.554. The summed E-state index contributed by atoms with van der Waals surface area (Å²) < 4.78 is 0. The maximum absolute atomic E-state index is 10.3. The molecule has 0 radical (unpaired) electrons. The molecule has 0 saturated heterocycles. The zero-order chi connectivity index (χ0) is 21.2. The van der Waals surface area contributed by atoms with Crippen molar-refractivity contribution in [3.8, 4) is 23.7 Å². The van der Waals surface area contributed by atoms with Crippen LogP contribution in [0.4, 0.5) is 11.4 Å². The molecule has 0 fully saturated rings. The summed E-state index contributed by atoms with van der Waals surface area (Å²) in [5.74, 6) is 12.6. The first kappa shape index (κ1) is 20.3. The Morgan fingerprint density at radius 3 is 1.60 bits per heavy atom. The summed E-state index contributed by atoms with van der Waals surface area (Å²) in [5.41, 5.74) is 5.76. The summed E-state index contributed by atoms with van der Waals surface area (Å²) in [7, 11) is 0. The molecule has 0 unspecified atom stereocenters. The van der Waals surface area contributed by atoms with Gasteiger partial charge in [-0.3, -0.25) is 0 Å². The number of nitrogens with zero attached hydrogens (tertiary/aromatic N) is 2. The van der Waals surface area contributed by atoms with Crippen molar-refractivity contribution in [1.29, 1.82) is 0 Å². The molecule has 0 N–H and O–H groups in total. The van der Waals surface area contributed by atoms with E-state index in [-0.39, 0.29) is 0 Å². The number of rotatable bonds is 3. The Morgan fingerprint density at radius 2 is 1.10 bits per heavy atom. The predicted octanol–water partition coefficient (Wildman–Crippen LogP) is 4.98. The van der Waals surface area contributed by atoms with E-state index in [9.17, 15) is 9.59 Å². The van der Waals surface area contributed by atoms with Gasteiger partial charge in [0.15, 0.2) is 0 Å². The molecule has 142 valence electrons. The second-order valence-electron chi connectivity index (χ2n) is 6.23. The van der Waals surface area contributed by atoms with Crippen LogP contribution in [-0.4, -0.2) is 12.2 Å². The fourth-order valence-electron chi connectivity index (χ4n) is 2.71. The molecule has 0 saturated carbocycles. The first-order valence-corrected chi connectivity index (χ1v) is 9.24. The summed E-state index contributed by atoms with van der Waals surface area (Å²) in [6.45, 7) is 2.08. The van der Waals surface area contributed by atoms with E-state index in [2.05, 4.69) is 40.6 Å². The van der Waals surface area contributed by atoms with Gasteiger partial charge in [-0.15, -0.1) is 0 Å². The molecule has 3 aromatic carbocycles. The molecule has 0 aliphatic rings. The maximum Gasteiger partial charge on any atom is 0.240 e. The second kappa shape index (κ2) is 10.2. The van der Waals surface area contributed by atoms with Crippen molar-refractivity contribution >= 4 is 23.5 Å². The van der Waals surface area contributed by atoms with Crippen molar-refractivity contribution in [2.75, 3.05) is 0 Å². The highest BCUT2D eigenvalue weighted by Crippen LogP contribution is 2.15. The van der Waals surface area contributed by atoms with Gasteiger partial charge in [-0.2, -0.15) is 9.98 Å². The van der Waals surface area contributed by atoms with E-state index in [1.807, 2.05) is 42.5 Å². The quantitative estimate of drug-likeness (QED) is 0.361. The molecule has 3 rings (SSSR count). The number of benzene rings is 3. The van der Waals surface area contributed by atoms with Crippen LogP contribution in [0.5, 0.6) is 0 Å². The molecule has 0 aliphatic heterocycles. The van der Waals surface area contributed by atoms with Gasteiger partial charge in [0.2, 0.25) is 12.2 Å². The summed E-state index contributed by atoms with van der Waals surface area (Å²) in [6, 6.07) is 20.1. The molecule has 4 heteroatoms. The number of isocyanates is 2. The monoisotopic (exact) mass is 388 g/mol. The molecule has 30 heavy (non-hydrogen) atoms. The number of aryl methyl sites for hydroxylation is 1. The predicted molar refractivity (Wildman–Crippen MR) is 116 cm³/mol. The van der Waals surface area contributed by atoms with E-state index in [4.69, 9.17) is 0 Å². The van der Waals surface area contributed by atoms with E-state index in [1.54, 1.807) is 24.3 Å². The van der Waals surface area contributed by atoms with Crippen LogP contribution in [0.3, 0.4) is 0 Å². The topological polar surface area (TPSA) is 58.9 Å². The van der Waals surface area contributed by atoms with Crippen molar-refractivity contribution in [2.45, 2.75) is 13.3 Å². The van der Waals surface area contributed by atoms with Gasteiger partial charge < -0.3 is 0 Å². The van der Waals surface area contributed by atoms with Crippen molar-refractivity contribution in [3.63, 3.8) is 0 Å². The minimum atomic E-state index is 0.554. The number of carbonyl (C=O) groups excluding carboxylic acids is 2. The molecule has 0 spiro atoms. The molecule has 0 amide bonds. The van der Waals surface area contributed by atoms with Crippen LogP contribution in [0.15, 0.2) is 76.7 Å². The van der Waals surface area contributed by atoms with Crippen molar-refractivity contribution < 1.29 is 9.59 Å². The summed E-state index contributed by atoms with van der Waals surface area (Å²) in [6.07, 6.45) is 3.88. The molecular weight excluding hydrogens is 372 g/mol. The molecule has 0 aliphatic carbocycles. The van der Waals surface area contributed by atoms with E-state index in [0.29, 0.717) is 11.4 Å². The molecule has 0 heterocycles. The minimum Gasteiger partial charge on any atom is -0.211 e. The third kappa shape index (κ3) is 5.52. The lowest BCUT2D eigenvalue weighted by Gasteiger charge is -2.02. The number of hydrogen-bond acceptors (Lipinski definition) is 4. The summed E-state index contributed by atoms with van der Waals surface area (Å²) >= 11 is 0. The van der Waals surface area contributed by atoms with Gasteiger partial charge in [-0.05, 0) is 78.7 Å². The van der Waals surface area contributed by atoms with Gasteiger partial charge in [0, 0.05) is 22.3 Å². The van der Waals surface area contributed by atoms with Crippen LogP contribution in [0.2, 0.25) is 0 Å². The highest BCUT2D eigenvalue weighted by atomic mass is 16.1. The van der Waals surface area contributed by atoms with Gasteiger partial charge in [0.1, 0.15) is 0 Å². The Labute approximate surface area is 175 Å². The molecule has 4 nitrogen and oxygen atoms in total. The van der Waals surface area contributed by atoms with Crippen LogP contribution in [0.1, 0.15) is 34.7 Å². The second-order valence-corrected chi connectivity index (χ2v) is 6.23. The number of aliphatic imine (C=N–C) groups is 2. The van der Waals surface area contributed by atoms with Gasteiger partial charge >= 0.3 is 0 Å². The third-order valence-electron chi connectivity index (χ3n) is 4.26. The normalized spacial score (nSPS) is 9.10. The Bertz CT molecular complexity index is 1270. The van der Waals surface area contributed by atoms with Crippen LogP contribution < -0.4 is 0 Å². The number of hydrogen-bond donors (Lipinski definition) is 0. The van der Waals surface area contributed by atoms with E-state index >= 15 is 0 Å². The molecule has 3 aromatic rings. The highest BCUT2D eigenvalue weighted by Gasteiger charge is 2.00. The first-order valence-electron chi connectivity index (χ1n) is 9.24. The van der Waals surface area contributed by atoms with Gasteiger partial charge in [0.05, 0.1) is 11.4 Å². The molecule has 0 aromatic heterocycles. The van der Waals surface area contributed by atoms with Gasteiger partial charge in [-0.25, -0.2) is 9.59 Å². The lowest BCUT2D eigenvalue weighted by Crippen LogP contribution is -1.89. The lowest BCUT2D eigenvalue weighted by atomic mass is 10.0. The molecule has 0 atom stereocenters. The van der Waals surface area contributed by atoms with Crippen LogP contribution in [-0.2, 0) is 16.0 Å². The Morgan fingerprint density at radius 1 is 0.633 bits per heavy atom. The Balaban J connectivity index is 1.80. The van der Waals surface area contributed by atoms with Crippen molar-refractivity contribution in [3.05, 3.63) is 94.5 Å². The average Bonchev–Trinajstić information content (AvgIpc) is 2.79. The van der Waals surface area contributed by atoms with Crippen LogP contribution in [0, 0.1) is 23.7 Å². The SMILES string of the molecule is CCc1cc(C#Cc2ccc(N=C=O)cc2)ccc1C#Cc1ccc(N=C=O)cc1. The zero-order valence-corrected chi connectivity index (χ0v) is 16.3. The molecular formula is C26H16N2O2. The van der Waals surface area contributed by atoms with E-state index in [0.717, 1.165) is 34.2 Å². The van der Waals surface area contributed by atoms with E-state index < -0.39 is 0 Å². The summed E-state index contributed by atoms with van der Waals surface area (Å²) in [5, 5.41) is 0. The Kier molecular flexibility index (Phi) is 6.88. The highest BCUT2D eigenvalue weighted by molar-refractivity contribution is 5.55. The van der Waals surface area contributed by atoms with Crippen LogP contribution >= 0.6 is 0 Å².